The zero-order chi connectivity index (χ0) is 18.8. The number of hydrogen-bond acceptors (Lipinski definition) is 5. The minimum absolute atomic E-state index is 0.150. The van der Waals surface area contributed by atoms with E-state index in [0.717, 1.165) is 12.1 Å². The van der Waals surface area contributed by atoms with E-state index >= 15 is 0 Å². The smallest absolute Gasteiger partial charge is 0.416 e. The molecule has 0 bridgehead atoms. The third-order valence-electron chi connectivity index (χ3n) is 3.40. The van der Waals surface area contributed by atoms with Crippen LogP contribution < -0.4 is 0 Å². The Morgan fingerprint density at radius 3 is 2.28 bits per heavy atom. The van der Waals surface area contributed by atoms with Gasteiger partial charge in [-0.05, 0) is 24.6 Å². The maximum absolute atomic E-state index is 12.5. The number of esters is 1. The number of halogens is 3. The Morgan fingerprint density at radius 2 is 1.80 bits per heavy atom. The molecular weight excluding hydrogens is 337 g/mol. The van der Waals surface area contributed by atoms with Gasteiger partial charge < -0.3 is 9.26 Å². The van der Waals surface area contributed by atoms with Crippen LogP contribution >= 0.6 is 0 Å². The van der Waals surface area contributed by atoms with Gasteiger partial charge in [-0.2, -0.15) is 18.2 Å². The molecule has 0 aliphatic heterocycles. The van der Waals surface area contributed by atoms with Crippen LogP contribution in [-0.2, 0) is 27.5 Å². The highest BCUT2D eigenvalue weighted by Crippen LogP contribution is 2.29. The first-order valence-corrected chi connectivity index (χ1v) is 7.66. The largest absolute Gasteiger partial charge is 0.452 e. The number of aromatic nitrogens is 2. The molecule has 0 aliphatic rings. The third kappa shape index (κ3) is 5.04. The zero-order valence-corrected chi connectivity index (χ0v) is 14.3. The van der Waals surface area contributed by atoms with Crippen molar-refractivity contribution in [3.05, 3.63) is 47.1 Å². The van der Waals surface area contributed by atoms with Gasteiger partial charge in [0.2, 0.25) is 0 Å². The SMILES string of the molecule is CC(OC(=O)Cc1ccc(C(F)(F)F)cc1)c1nc(C(C)(C)C)no1. The van der Waals surface area contributed by atoms with Crippen molar-refractivity contribution in [2.45, 2.75) is 51.8 Å². The minimum atomic E-state index is -4.41. The van der Waals surface area contributed by atoms with Gasteiger partial charge in [0.05, 0.1) is 12.0 Å². The molecule has 0 fully saturated rings. The standard InChI is InChI=1S/C17H19F3N2O3/c1-10(14-21-15(22-25-14)16(2,3)4)24-13(23)9-11-5-7-12(8-6-11)17(18,19)20/h5-8,10H,9H2,1-4H3. The van der Waals surface area contributed by atoms with Crippen LogP contribution in [0.5, 0.6) is 0 Å². The first-order chi connectivity index (χ1) is 11.5. The van der Waals surface area contributed by atoms with E-state index in [1.54, 1.807) is 6.92 Å². The number of rotatable bonds is 4. The summed E-state index contributed by atoms with van der Waals surface area (Å²) in [6, 6.07) is 4.36. The van der Waals surface area contributed by atoms with Crippen LogP contribution in [0.25, 0.3) is 0 Å². The maximum atomic E-state index is 12.5. The number of carbonyl (C=O) groups is 1. The lowest BCUT2D eigenvalue weighted by Crippen LogP contribution is -2.14. The van der Waals surface area contributed by atoms with E-state index in [-0.39, 0.29) is 17.7 Å². The summed E-state index contributed by atoms with van der Waals surface area (Å²) in [5, 5.41) is 3.85. The molecular formula is C17H19F3N2O3. The Bertz CT molecular complexity index is 731. The molecule has 136 valence electrons. The van der Waals surface area contributed by atoms with Gasteiger partial charge in [-0.25, -0.2) is 0 Å². The number of benzene rings is 1. The van der Waals surface area contributed by atoms with E-state index in [0.29, 0.717) is 11.4 Å². The van der Waals surface area contributed by atoms with Crippen LogP contribution in [-0.4, -0.2) is 16.1 Å². The lowest BCUT2D eigenvalue weighted by molar-refractivity contribution is -0.148. The molecule has 1 aromatic heterocycles. The van der Waals surface area contributed by atoms with Crippen molar-refractivity contribution in [3.8, 4) is 0 Å². The molecule has 25 heavy (non-hydrogen) atoms. The normalized spacial score (nSPS) is 13.6. The van der Waals surface area contributed by atoms with Crippen molar-refractivity contribution in [2.75, 3.05) is 0 Å². The highest BCUT2D eigenvalue weighted by Gasteiger charge is 2.30. The van der Waals surface area contributed by atoms with Crippen LogP contribution in [0, 0.1) is 0 Å². The van der Waals surface area contributed by atoms with Crippen LogP contribution in [0.4, 0.5) is 13.2 Å². The summed E-state index contributed by atoms with van der Waals surface area (Å²) < 4.78 is 47.8. The van der Waals surface area contributed by atoms with E-state index in [1.807, 2.05) is 20.8 Å². The van der Waals surface area contributed by atoms with Crippen LogP contribution in [0.3, 0.4) is 0 Å². The molecule has 2 aromatic rings. The Hall–Kier alpha value is -2.38. The molecule has 0 N–H and O–H groups in total. The monoisotopic (exact) mass is 356 g/mol. The molecule has 1 unspecified atom stereocenters. The summed E-state index contributed by atoms with van der Waals surface area (Å²) in [5.41, 5.74) is -0.643. The van der Waals surface area contributed by atoms with Crippen LogP contribution in [0.2, 0.25) is 0 Å². The molecule has 0 aliphatic carbocycles. The predicted octanol–water partition coefficient (Wildman–Crippen LogP) is 4.23. The second-order valence-electron chi connectivity index (χ2n) is 6.71. The Morgan fingerprint density at radius 1 is 1.20 bits per heavy atom. The van der Waals surface area contributed by atoms with Crippen LogP contribution in [0.15, 0.2) is 28.8 Å². The molecule has 1 heterocycles. The second-order valence-corrected chi connectivity index (χ2v) is 6.71. The summed E-state index contributed by atoms with van der Waals surface area (Å²) in [6.45, 7) is 7.35. The average Bonchev–Trinajstić information content (AvgIpc) is 2.96. The van der Waals surface area contributed by atoms with Gasteiger partial charge in [0, 0.05) is 5.41 Å². The topological polar surface area (TPSA) is 65.2 Å². The minimum Gasteiger partial charge on any atom is -0.452 e. The first-order valence-electron chi connectivity index (χ1n) is 7.66. The Balaban J connectivity index is 1.96. The number of hydrogen-bond donors (Lipinski definition) is 0. The van der Waals surface area contributed by atoms with Gasteiger partial charge in [-0.3, -0.25) is 4.79 Å². The van der Waals surface area contributed by atoms with Crippen molar-refractivity contribution in [2.24, 2.45) is 0 Å². The second kappa shape index (κ2) is 6.85. The lowest BCUT2D eigenvalue weighted by atomic mass is 9.96. The number of ether oxygens (including phenoxy) is 1. The summed E-state index contributed by atoms with van der Waals surface area (Å²) in [7, 11) is 0. The summed E-state index contributed by atoms with van der Waals surface area (Å²) >= 11 is 0. The average molecular weight is 356 g/mol. The van der Waals surface area contributed by atoms with E-state index in [9.17, 15) is 18.0 Å². The molecule has 8 heteroatoms. The predicted molar refractivity (Wildman–Crippen MR) is 82.7 cm³/mol. The van der Waals surface area contributed by atoms with Crippen molar-refractivity contribution >= 4 is 5.97 Å². The fourth-order valence-electron chi connectivity index (χ4n) is 1.97. The molecule has 5 nitrogen and oxygen atoms in total. The molecule has 2 rings (SSSR count). The van der Waals surface area contributed by atoms with Crippen molar-refractivity contribution in [1.82, 2.24) is 10.1 Å². The molecule has 0 saturated heterocycles. The highest BCUT2D eigenvalue weighted by molar-refractivity contribution is 5.72. The Kier molecular flexibility index (Phi) is 5.20. The summed E-state index contributed by atoms with van der Waals surface area (Å²) in [5.74, 6) is 0.0709. The summed E-state index contributed by atoms with van der Waals surface area (Å²) in [6.07, 6.45) is -5.30. The van der Waals surface area contributed by atoms with Gasteiger partial charge in [0.25, 0.3) is 5.89 Å². The quantitative estimate of drug-likeness (QED) is 0.767. The molecule has 0 radical (unpaired) electrons. The van der Waals surface area contributed by atoms with Crippen molar-refractivity contribution < 1.29 is 27.2 Å². The van der Waals surface area contributed by atoms with Gasteiger partial charge in [-0.1, -0.05) is 38.1 Å². The number of alkyl halides is 3. The van der Waals surface area contributed by atoms with Gasteiger partial charge in [-0.15, -0.1) is 0 Å². The Labute approximate surface area is 143 Å². The lowest BCUT2D eigenvalue weighted by Gasteiger charge is -2.12. The molecule has 1 atom stereocenters. The van der Waals surface area contributed by atoms with E-state index in [2.05, 4.69) is 10.1 Å². The third-order valence-corrected chi connectivity index (χ3v) is 3.40. The zero-order valence-electron chi connectivity index (χ0n) is 14.3. The number of nitrogens with zero attached hydrogens (tertiary/aromatic N) is 2. The van der Waals surface area contributed by atoms with Gasteiger partial charge >= 0.3 is 12.1 Å². The van der Waals surface area contributed by atoms with E-state index < -0.39 is 23.8 Å². The van der Waals surface area contributed by atoms with Crippen LogP contribution in [0.1, 0.15) is 56.6 Å². The van der Waals surface area contributed by atoms with Gasteiger partial charge in [0.1, 0.15) is 0 Å². The fourth-order valence-corrected chi connectivity index (χ4v) is 1.97. The van der Waals surface area contributed by atoms with Crippen molar-refractivity contribution in [1.29, 1.82) is 0 Å². The molecule has 1 aromatic carbocycles. The van der Waals surface area contributed by atoms with E-state index in [4.69, 9.17) is 9.26 Å². The van der Waals surface area contributed by atoms with Gasteiger partial charge in [0.15, 0.2) is 11.9 Å². The maximum Gasteiger partial charge on any atom is 0.416 e. The fraction of sp³-hybridized carbons (Fsp3) is 0.471. The van der Waals surface area contributed by atoms with Crippen molar-refractivity contribution in [3.63, 3.8) is 0 Å². The highest BCUT2D eigenvalue weighted by atomic mass is 19.4. The summed E-state index contributed by atoms with van der Waals surface area (Å²) in [4.78, 5) is 16.1. The molecule has 0 amide bonds. The first kappa shape index (κ1) is 19.0. The van der Waals surface area contributed by atoms with E-state index in [1.165, 1.54) is 12.1 Å². The molecule has 0 spiro atoms. The molecule has 0 saturated carbocycles. The number of carbonyl (C=O) groups excluding carboxylic acids is 1.